The minimum absolute atomic E-state index is 0.00267. The summed E-state index contributed by atoms with van der Waals surface area (Å²) in [5.74, 6) is 3.26. The molecule has 0 amide bonds. The van der Waals surface area contributed by atoms with Crippen LogP contribution in [0.5, 0.6) is 0 Å². The Bertz CT molecular complexity index is 1500. The van der Waals surface area contributed by atoms with Crippen LogP contribution in [0.2, 0.25) is 0 Å². The van der Waals surface area contributed by atoms with Crippen molar-refractivity contribution in [1.29, 1.82) is 0 Å². The topological polar surface area (TPSA) is 127 Å². The van der Waals surface area contributed by atoms with Crippen molar-refractivity contribution in [2.75, 3.05) is 19.8 Å². The lowest BCUT2D eigenvalue weighted by Gasteiger charge is -2.33. The number of nitrogens with one attached hydrogen (secondary N) is 2. The largest absolute Gasteiger partial charge is 0.423 e. The standard InChI is InChI=1S/C28H35N7O2S/c1-13(2)21-22-16(5)24(17-8-18(9-17)26-34-35-27(37-26)20-11-36-7-6-30-20)38-28(22)33-23(21)19-10-31-25(32-12-29)15(4)14(19)3/h10,12-13,17-18,20,30,33H,6-9,11H2,1-5H3,(H2,29,31,32)/t17?,18?,20-/m1/s1. The van der Waals surface area contributed by atoms with Crippen LogP contribution in [0.1, 0.15) is 89.4 Å². The SMILES string of the molecule is Cc1c(-c2[nH]c3sc(C4CC(c5nnc([C@H]6COCCN6)o5)C4)c(C)c3c2C(C)C)cnc(N=CN)c1C. The number of ether oxygens (including phenoxy) is 1. The number of aliphatic imine (C=N–C) groups is 1. The smallest absolute Gasteiger partial charge is 0.235 e. The predicted octanol–water partition coefficient (Wildman–Crippen LogP) is 5.66. The zero-order valence-corrected chi connectivity index (χ0v) is 23.4. The fourth-order valence-corrected chi connectivity index (χ4v) is 7.23. The summed E-state index contributed by atoms with van der Waals surface area (Å²) < 4.78 is 11.6. The normalized spacial score (nSPS) is 22.1. The van der Waals surface area contributed by atoms with E-state index in [4.69, 9.17) is 14.9 Å². The molecule has 1 saturated heterocycles. The van der Waals surface area contributed by atoms with Crippen LogP contribution in [0, 0.1) is 20.8 Å². The minimum Gasteiger partial charge on any atom is -0.423 e. The van der Waals surface area contributed by atoms with Crippen LogP contribution < -0.4 is 11.1 Å². The van der Waals surface area contributed by atoms with Crippen molar-refractivity contribution in [3.63, 3.8) is 0 Å². The van der Waals surface area contributed by atoms with Gasteiger partial charge in [-0.15, -0.1) is 21.5 Å². The number of hydrogen-bond donors (Lipinski definition) is 3. The molecular formula is C28H35N7O2S. The minimum atomic E-state index is -0.00267. The van der Waals surface area contributed by atoms with Gasteiger partial charge in [0.15, 0.2) is 5.82 Å². The lowest BCUT2D eigenvalue weighted by molar-refractivity contribution is 0.0672. The lowest BCUT2D eigenvalue weighted by Crippen LogP contribution is -2.34. The van der Waals surface area contributed by atoms with E-state index in [-0.39, 0.29) is 6.04 Å². The summed E-state index contributed by atoms with van der Waals surface area (Å²) >= 11 is 1.89. The van der Waals surface area contributed by atoms with Crippen LogP contribution in [0.15, 0.2) is 15.6 Å². The van der Waals surface area contributed by atoms with Crippen molar-refractivity contribution in [2.24, 2.45) is 10.7 Å². The van der Waals surface area contributed by atoms with Crippen LogP contribution in [0.3, 0.4) is 0 Å². The molecule has 4 aromatic rings. The fraction of sp³-hybridized carbons (Fsp3) is 0.500. The van der Waals surface area contributed by atoms with Gasteiger partial charge in [0.05, 0.1) is 25.2 Å². The Labute approximate surface area is 226 Å². The number of pyridine rings is 1. The molecule has 1 aliphatic heterocycles. The molecule has 1 aliphatic carbocycles. The summed E-state index contributed by atoms with van der Waals surface area (Å²) in [7, 11) is 0. The molecule has 0 unspecified atom stereocenters. The third-order valence-corrected chi connectivity index (χ3v) is 9.53. The molecule has 0 radical (unpaired) electrons. The van der Waals surface area contributed by atoms with Crippen molar-refractivity contribution in [3.8, 4) is 11.3 Å². The first-order chi connectivity index (χ1) is 18.4. The van der Waals surface area contributed by atoms with Gasteiger partial charge >= 0.3 is 0 Å². The predicted molar refractivity (Wildman–Crippen MR) is 151 cm³/mol. The van der Waals surface area contributed by atoms with E-state index in [0.717, 1.165) is 48.7 Å². The summed E-state index contributed by atoms with van der Waals surface area (Å²) in [6.45, 7) is 13.1. The number of aryl methyl sites for hydroxylation is 1. The second-order valence-electron chi connectivity index (χ2n) is 10.8. The fourth-order valence-electron chi connectivity index (χ4n) is 5.88. The third-order valence-electron chi connectivity index (χ3n) is 8.16. The van der Waals surface area contributed by atoms with E-state index in [2.05, 4.69) is 65.1 Å². The average molecular weight is 534 g/mol. The van der Waals surface area contributed by atoms with Crippen molar-refractivity contribution in [3.05, 3.63) is 45.1 Å². The quantitative estimate of drug-likeness (QED) is 0.215. The molecule has 9 nitrogen and oxygen atoms in total. The molecule has 2 fully saturated rings. The second kappa shape index (κ2) is 9.91. The number of nitrogens with two attached hydrogens (primary N) is 1. The van der Waals surface area contributed by atoms with E-state index in [1.807, 2.05) is 17.5 Å². The van der Waals surface area contributed by atoms with Crippen molar-refractivity contribution in [1.82, 2.24) is 25.5 Å². The molecule has 38 heavy (non-hydrogen) atoms. The molecule has 0 spiro atoms. The van der Waals surface area contributed by atoms with Crippen molar-refractivity contribution < 1.29 is 9.15 Å². The van der Waals surface area contributed by atoms with Gasteiger partial charge in [0.25, 0.3) is 0 Å². The Morgan fingerprint density at radius 3 is 2.61 bits per heavy atom. The number of rotatable bonds is 6. The van der Waals surface area contributed by atoms with Crippen LogP contribution in [-0.2, 0) is 4.74 Å². The van der Waals surface area contributed by atoms with Crippen LogP contribution in [0.25, 0.3) is 21.5 Å². The van der Waals surface area contributed by atoms with Gasteiger partial charge in [0.2, 0.25) is 11.8 Å². The number of H-pyrrole nitrogens is 1. The maximum Gasteiger partial charge on any atom is 0.235 e. The first-order valence-corrected chi connectivity index (χ1v) is 14.2. The maximum absolute atomic E-state index is 6.06. The summed E-state index contributed by atoms with van der Waals surface area (Å²) in [5, 5.41) is 13.4. The zero-order valence-electron chi connectivity index (χ0n) is 22.6. The van der Waals surface area contributed by atoms with Crippen molar-refractivity contribution in [2.45, 2.75) is 71.3 Å². The van der Waals surface area contributed by atoms with Gasteiger partial charge in [0.1, 0.15) is 10.9 Å². The number of hydrogen-bond acceptors (Lipinski definition) is 8. The molecule has 4 N–H and O–H groups in total. The Morgan fingerprint density at radius 2 is 1.89 bits per heavy atom. The molecule has 6 rings (SSSR count). The Morgan fingerprint density at radius 1 is 1.11 bits per heavy atom. The van der Waals surface area contributed by atoms with E-state index in [0.29, 0.717) is 36.1 Å². The van der Waals surface area contributed by atoms with Crippen molar-refractivity contribution >= 4 is 33.7 Å². The van der Waals surface area contributed by atoms with Gasteiger partial charge in [-0.1, -0.05) is 13.8 Å². The second-order valence-corrected chi connectivity index (χ2v) is 11.9. The lowest BCUT2D eigenvalue weighted by atomic mass is 9.73. The zero-order chi connectivity index (χ0) is 26.6. The van der Waals surface area contributed by atoms with Crippen LogP contribution in [-0.4, -0.2) is 46.3 Å². The van der Waals surface area contributed by atoms with E-state index in [1.165, 1.54) is 38.1 Å². The van der Waals surface area contributed by atoms with E-state index in [1.54, 1.807) is 0 Å². The van der Waals surface area contributed by atoms with Gasteiger partial charge in [-0.2, -0.15) is 0 Å². The third kappa shape index (κ3) is 4.15. The summed E-state index contributed by atoms with van der Waals surface area (Å²) in [5.41, 5.74) is 12.8. The maximum atomic E-state index is 6.06. The molecule has 0 bridgehead atoms. The number of thiophene rings is 1. The van der Waals surface area contributed by atoms with E-state index < -0.39 is 0 Å². The highest BCUT2D eigenvalue weighted by atomic mass is 32.1. The summed E-state index contributed by atoms with van der Waals surface area (Å²) in [6.07, 6.45) is 5.30. The average Bonchev–Trinajstić information content (AvgIpc) is 3.58. The molecule has 200 valence electrons. The van der Waals surface area contributed by atoms with E-state index in [9.17, 15) is 0 Å². The Kier molecular flexibility index (Phi) is 6.57. The highest BCUT2D eigenvalue weighted by Crippen LogP contribution is 2.53. The van der Waals surface area contributed by atoms with Gasteiger partial charge in [-0.3, -0.25) is 0 Å². The number of nitrogens with zero attached hydrogens (tertiary/aromatic N) is 4. The van der Waals surface area contributed by atoms with Gasteiger partial charge in [-0.05, 0) is 67.7 Å². The number of morpholine rings is 1. The molecule has 1 atom stereocenters. The van der Waals surface area contributed by atoms with Gasteiger partial charge in [0, 0.05) is 34.5 Å². The van der Waals surface area contributed by atoms with Crippen LogP contribution >= 0.6 is 11.3 Å². The monoisotopic (exact) mass is 533 g/mol. The molecule has 5 heterocycles. The highest BCUT2D eigenvalue weighted by Gasteiger charge is 2.38. The van der Waals surface area contributed by atoms with E-state index >= 15 is 0 Å². The highest BCUT2D eigenvalue weighted by molar-refractivity contribution is 7.19. The Balaban J connectivity index is 1.27. The summed E-state index contributed by atoms with van der Waals surface area (Å²) in [6, 6.07) is -0.00267. The summed E-state index contributed by atoms with van der Waals surface area (Å²) in [4.78, 5) is 15.3. The molecule has 0 aromatic carbocycles. The Hall–Kier alpha value is -3.08. The molecule has 2 aliphatic rings. The molecule has 1 saturated carbocycles. The molecular weight excluding hydrogens is 498 g/mol. The van der Waals surface area contributed by atoms with Crippen LogP contribution in [0.4, 0.5) is 5.82 Å². The first-order valence-electron chi connectivity index (χ1n) is 13.4. The number of aromatic nitrogens is 4. The first kappa shape index (κ1) is 25.2. The number of aromatic amines is 1. The van der Waals surface area contributed by atoms with Gasteiger partial charge < -0.3 is 25.2 Å². The molecule has 4 aromatic heterocycles. The van der Waals surface area contributed by atoms with Gasteiger partial charge in [-0.25, -0.2) is 9.98 Å². The number of fused-ring (bicyclic) bond motifs is 1. The molecule has 10 heteroatoms.